The first kappa shape index (κ1) is 21.5. The van der Waals surface area contributed by atoms with E-state index >= 15 is 0 Å². The van der Waals surface area contributed by atoms with Crippen molar-refractivity contribution in [3.05, 3.63) is 29.8 Å². The average molecular weight is 397 g/mol. The molecule has 8 heteroatoms. The lowest BCUT2D eigenvalue weighted by atomic mass is 9.98. The predicted molar refractivity (Wildman–Crippen MR) is 110 cm³/mol. The van der Waals surface area contributed by atoms with E-state index in [1.165, 1.54) is 6.26 Å². The van der Waals surface area contributed by atoms with Gasteiger partial charge in [0.2, 0.25) is 10.0 Å². The zero-order chi connectivity index (χ0) is 19.9. The molecule has 1 heterocycles. The van der Waals surface area contributed by atoms with Gasteiger partial charge < -0.3 is 15.4 Å². The molecule has 1 fully saturated rings. The lowest BCUT2D eigenvalue weighted by molar-refractivity contribution is 0.222. The highest BCUT2D eigenvalue weighted by Crippen LogP contribution is 2.19. The maximum absolute atomic E-state index is 11.6. The van der Waals surface area contributed by atoms with Gasteiger partial charge in [0.1, 0.15) is 11.9 Å². The number of hydrogen-bond acceptors (Lipinski definition) is 4. The molecule has 1 saturated heterocycles. The highest BCUT2D eigenvalue weighted by molar-refractivity contribution is 7.88. The van der Waals surface area contributed by atoms with E-state index in [0.29, 0.717) is 25.6 Å². The smallest absolute Gasteiger partial charge is 0.211 e. The summed E-state index contributed by atoms with van der Waals surface area (Å²) in [4.78, 5) is 4.26. The number of benzene rings is 1. The third-order valence-electron chi connectivity index (χ3n) is 4.80. The van der Waals surface area contributed by atoms with Crippen molar-refractivity contribution in [2.75, 3.05) is 39.5 Å². The van der Waals surface area contributed by atoms with Crippen molar-refractivity contribution in [2.45, 2.75) is 32.8 Å². The molecule has 0 radical (unpaired) electrons. The normalized spacial score (nSPS) is 18.1. The first-order valence-corrected chi connectivity index (χ1v) is 11.3. The van der Waals surface area contributed by atoms with Gasteiger partial charge in [-0.25, -0.2) is 12.7 Å². The van der Waals surface area contributed by atoms with Gasteiger partial charge in [0.15, 0.2) is 5.96 Å². The number of aryl methyl sites for hydroxylation is 1. The molecular weight excluding hydrogens is 364 g/mol. The minimum absolute atomic E-state index is 0.00245. The Hall–Kier alpha value is -1.80. The largest absolute Gasteiger partial charge is 0.489 e. The fourth-order valence-electron chi connectivity index (χ4n) is 3.09. The molecule has 0 saturated carbocycles. The van der Waals surface area contributed by atoms with Crippen molar-refractivity contribution in [3.63, 3.8) is 0 Å². The summed E-state index contributed by atoms with van der Waals surface area (Å²) in [5.41, 5.74) is 1.12. The standard InChI is InChI=1S/C19H32N4O3S/c1-15-7-5-6-8-18(15)26-16(2)13-21-19(20-3)22-14-17-9-11-23(12-10-17)27(4,24)25/h5-8,16-17H,9-14H2,1-4H3,(H2,20,21,22). The van der Waals surface area contributed by atoms with Gasteiger partial charge in [0.05, 0.1) is 12.8 Å². The molecule has 1 aromatic rings. The Labute approximate surface area is 163 Å². The number of rotatable bonds is 7. The predicted octanol–water partition coefficient (Wildman–Crippen LogP) is 1.60. The van der Waals surface area contributed by atoms with E-state index in [1.54, 1.807) is 11.4 Å². The summed E-state index contributed by atoms with van der Waals surface area (Å²) >= 11 is 0. The van der Waals surface area contributed by atoms with Crippen LogP contribution in [-0.4, -0.2) is 64.3 Å². The van der Waals surface area contributed by atoms with Gasteiger partial charge in [0.25, 0.3) is 0 Å². The van der Waals surface area contributed by atoms with Crippen LogP contribution in [0.1, 0.15) is 25.3 Å². The number of piperidine rings is 1. The van der Waals surface area contributed by atoms with Crippen LogP contribution in [0.15, 0.2) is 29.3 Å². The Balaban J connectivity index is 1.71. The number of nitrogens with zero attached hydrogens (tertiary/aromatic N) is 2. The summed E-state index contributed by atoms with van der Waals surface area (Å²) in [5, 5.41) is 6.63. The second-order valence-corrected chi connectivity index (χ2v) is 9.12. The van der Waals surface area contributed by atoms with Crippen molar-refractivity contribution in [2.24, 2.45) is 10.9 Å². The maximum Gasteiger partial charge on any atom is 0.211 e. The van der Waals surface area contributed by atoms with Crippen LogP contribution >= 0.6 is 0 Å². The van der Waals surface area contributed by atoms with E-state index in [-0.39, 0.29) is 6.10 Å². The van der Waals surface area contributed by atoms with E-state index in [0.717, 1.165) is 36.7 Å². The van der Waals surface area contributed by atoms with Gasteiger partial charge >= 0.3 is 0 Å². The number of hydrogen-bond donors (Lipinski definition) is 2. The van der Waals surface area contributed by atoms with E-state index in [2.05, 4.69) is 15.6 Å². The van der Waals surface area contributed by atoms with E-state index in [4.69, 9.17) is 4.74 Å². The molecule has 1 aliphatic heterocycles. The van der Waals surface area contributed by atoms with Crippen molar-refractivity contribution in [1.82, 2.24) is 14.9 Å². The molecule has 1 atom stereocenters. The summed E-state index contributed by atoms with van der Waals surface area (Å²) in [6, 6.07) is 7.97. The average Bonchev–Trinajstić information content (AvgIpc) is 2.63. The van der Waals surface area contributed by atoms with Gasteiger partial charge in [-0.05, 0) is 44.2 Å². The molecule has 0 aliphatic carbocycles. The molecule has 2 N–H and O–H groups in total. The molecule has 0 amide bonds. The van der Waals surface area contributed by atoms with Crippen LogP contribution in [0, 0.1) is 12.8 Å². The summed E-state index contributed by atoms with van der Waals surface area (Å²) in [7, 11) is -1.32. The third kappa shape index (κ3) is 7.03. The Kier molecular flexibility index (Phi) is 7.91. The van der Waals surface area contributed by atoms with Crippen molar-refractivity contribution >= 4 is 16.0 Å². The van der Waals surface area contributed by atoms with Gasteiger partial charge in [0, 0.05) is 26.7 Å². The van der Waals surface area contributed by atoms with Crippen LogP contribution in [0.5, 0.6) is 5.75 Å². The lowest BCUT2D eigenvalue weighted by Crippen LogP contribution is -2.45. The number of sulfonamides is 1. The molecule has 1 aliphatic rings. The fraction of sp³-hybridized carbons (Fsp3) is 0.632. The molecule has 7 nitrogen and oxygen atoms in total. The minimum atomic E-state index is -3.07. The van der Waals surface area contributed by atoms with Crippen molar-refractivity contribution < 1.29 is 13.2 Å². The second-order valence-electron chi connectivity index (χ2n) is 7.13. The van der Waals surface area contributed by atoms with Crippen LogP contribution in [0.2, 0.25) is 0 Å². The van der Waals surface area contributed by atoms with E-state index in [1.807, 2.05) is 38.1 Å². The minimum Gasteiger partial charge on any atom is -0.489 e. The number of guanidine groups is 1. The summed E-state index contributed by atoms with van der Waals surface area (Å²) in [6.07, 6.45) is 3.01. The summed E-state index contributed by atoms with van der Waals surface area (Å²) < 4.78 is 30.7. The Morgan fingerprint density at radius 1 is 1.30 bits per heavy atom. The van der Waals surface area contributed by atoms with Gasteiger partial charge in [-0.1, -0.05) is 18.2 Å². The third-order valence-corrected chi connectivity index (χ3v) is 6.11. The van der Waals surface area contributed by atoms with Crippen molar-refractivity contribution in [1.29, 1.82) is 0 Å². The van der Waals surface area contributed by atoms with Crippen LogP contribution in [-0.2, 0) is 10.0 Å². The fourth-order valence-corrected chi connectivity index (χ4v) is 3.97. The molecule has 2 rings (SSSR count). The summed E-state index contributed by atoms with van der Waals surface area (Å²) in [5.74, 6) is 2.08. The van der Waals surface area contributed by atoms with Crippen LogP contribution < -0.4 is 15.4 Å². The first-order valence-electron chi connectivity index (χ1n) is 9.41. The zero-order valence-corrected chi connectivity index (χ0v) is 17.6. The Morgan fingerprint density at radius 2 is 1.96 bits per heavy atom. The highest BCUT2D eigenvalue weighted by atomic mass is 32.2. The molecule has 0 aromatic heterocycles. The number of para-hydroxylation sites is 1. The monoisotopic (exact) mass is 396 g/mol. The zero-order valence-electron chi connectivity index (χ0n) is 16.7. The van der Waals surface area contributed by atoms with Crippen LogP contribution in [0.25, 0.3) is 0 Å². The van der Waals surface area contributed by atoms with Gasteiger partial charge in [-0.2, -0.15) is 0 Å². The molecule has 0 bridgehead atoms. The first-order chi connectivity index (χ1) is 12.8. The van der Waals surface area contributed by atoms with E-state index < -0.39 is 10.0 Å². The number of aliphatic imine (C=N–C) groups is 1. The lowest BCUT2D eigenvalue weighted by Gasteiger charge is -2.30. The molecule has 1 aromatic carbocycles. The molecular formula is C19H32N4O3S. The second kappa shape index (κ2) is 9.94. The van der Waals surface area contributed by atoms with Gasteiger partial charge in [-0.15, -0.1) is 0 Å². The SMILES string of the molecule is CN=C(NCC1CCN(S(C)(=O)=O)CC1)NCC(C)Oc1ccccc1C. The van der Waals surface area contributed by atoms with Gasteiger partial charge in [-0.3, -0.25) is 4.99 Å². The highest BCUT2D eigenvalue weighted by Gasteiger charge is 2.24. The topological polar surface area (TPSA) is 83.0 Å². The number of nitrogens with one attached hydrogen (secondary N) is 2. The Bertz CT molecular complexity index is 728. The van der Waals surface area contributed by atoms with Crippen LogP contribution in [0.3, 0.4) is 0 Å². The van der Waals surface area contributed by atoms with E-state index in [9.17, 15) is 8.42 Å². The summed E-state index contributed by atoms with van der Waals surface area (Å²) in [6.45, 7) is 6.67. The number of ether oxygens (including phenoxy) is 1. The Morgan fingerprint density at radius 3 is 2.56 bits per heavy atom. The molecule has 27 heavy (non-hydrogen) atoms. The van der Waals surface area contributed by atoms with Crippen molar-refractivity contribution in [3.8, 4) is 5.75 Å². The quantitative estimate of drug-likeness (QED) is 0.540. The molecule has 1 unspecified atom stereocenters. The molecule has 0 spiro atoms. The molecule has 152 valence electrons. The maximum atomic E-state index is 11.6. The van der Waals surface area contributed by atoms with Crippen LogP contribution in [0.4, 0.5) is 0 Å².